The Bertz CT molecular complexity index is 857. The first-order valence-electron chi connectivity index (χ1n) is 8.54. The fourth-order valence-electron chi connectivity index (χ4n) is 4.49. The quantitative estimate of drug-likeness (QED) is 0.345. The standard InChI is InChI=1S/C17H18N4O4S/c1-19-15(23)17(14(22)18-16(19)26)9-10-8-11(21(24)25)5-6-12(10)20-7-3-2-4-13(17)20/h5-6,8,13H,2-4,7,9H2,1H3,(H,18,22,26)/t13-,17-/m0/s1. The van der Waals surface area contributed by atoms with Crippen molar-refractivity contribution in [3.8, 4) is 0 Å². The molecule has 1 aromatic carbocycles. The monoisotopic (exact) mass is 374 g/mol. The molecule has 136 valence electrons. The van der Waals surface area contributed by atoms with Crippen LogP contribution in [0.1, 0.15) is 24.8 Å². The van der Waals surface area contributed by atoms with E-state index in [9.17, 15) is 19.7 Å². The first-order valence-corrected chi connectivity index (χ1v) is 8.94. The molecule has 2 atom stereocenters. The minimum absolute atomic E-state index is 0.0399. The molecule has 8 nitrogen and oxygen atoms in total. The number of carbonyl (C=O) groups excluding carboxylic acids is 2. The molecule has 2 saturated heterocycles. The highest BCUT2D eigenvalue weighted by molar-refractivity contribution is 7.80. The summed E-state index contributed by atoms with van der Waals surface area (Å²) < 4.78 is 0. The van der Waals surface area contributed by atoms with Crippen molar-refractivity contribution in [1.29, 1.82) is 0 Å². The van der Waals surface area contributed by atoms with Gasteiger partial charge in [-0.25, -0.2) is 0 Å². The number of benzene rings is 1. The van der Waals surface area contributed by atoms with Gasteiger partial charge in [-0.1, -0.05) is 0 Å². The lowest BCUT2D eigenvalue weighted by Gasteiger charge is -2.53. The van der Waals surface area contributed by atoms with Crippen molar-refractivity contribution in [1.82, 2.24) is 10.2 Å². The van der Waals surface area contributed by atoms with Crippen molar-refractivity contribution in [3.63, 3.8) is 0 Å². The number of non-ortho nitro benzene ring substituents is 1. The van der Waals surface area contributed by atoms with E-state index in [1.54, 1.807) is 13.1 Å². The number of carbonyl (C=O) groups is 2. The van der Waals surface area contributed by atoms with E-state index in [1.807, 2.05) is 0 Å². The van der Waals surface area contributed by atoms with Crippen LogP contribution in [-0.2, 0) is 16.0 Å². The van der Waals surface area contributed by atoms with Gasteiger partial charge in [-0.15, -0.1) is 0 Å². The maximum absolute atomic E-state index is 13.2. The van der Waals surface area contributed by atoms with Crippen molar-refractivity contribution >= 4 is 40.5 Å². The molecule has 3 aliphatic rings. The van der Waals surface area contributed by atoms with E-state index in [0.717, 1.165) is 24.9 Å². The maximum atomic E-state index is 13.2. The smallest absolute Gasteiger partial charge is 0.269 e. The number of nitro benzene ring substituents is 1. The van der Waals surface area contributed by atoms with Crippen molar-refractivity contribution in [2.75, 3.05) is 18.5 Å². The molecule has 1 N–H and O–H groups in total. The van der Waals surface area contributed by atoms with Gasteiger partial charge in [0.1, 0.15) is 0 Å². The molecule has 0 saturated carbocycles. The molecule has 0 unspecified atom stereocenters. The molecular formula is C17H18N4O4S. The summed E-state index contributed by atoms with van der Waals surface area (Å²) in [6.45, 7) is 0.714. The van der Waals surface area contributed by atoms with Gasteiger partial charge in [-0.2, -0.15) is 0 Å². The number of anilines is 1. The molecule has 2 fully saturated rings. The summed E-state index contributed by atoms with van der Waals surface area (Å²) in [6.07, 6.45) is 2.74. The van der Waals surface area contributed by atoms with Crippen LogP contribution in [0.4, 0.5) is 11.4 Å². The van der Waals surface area contributed by atoms with Gasteiger partial charge in [0, 0.05) is 37.8 Å². The number of fused-ring (bicyclic) bond motifs is 4. The Labute approximate surface area is 155 Å². The summed E-state index contributed by atoms with van der Waals surface area (Å²) in [6, 6.07) is 4.42. The molecule has 0 aromatic heterocycles. The summed E-state index contributed by atoms with van der Waals surface area (Å²) in [5, 5.41) is 13.9. The molecule has 0 aliphatic carbocycles. The number of amides is 2. The van der Waals surface area contributed by atoms with Gasteiger partial charge in [0.2, 0.25) is 11.8 Å². The van der Waals surface area contributed by atoms with Crippen LogP contribution in [0.3, 0.4) is 0 Å². The van der Waals surface area contributed by atoms with Gasteiger partial charge >= 0.3 is 0 Å². The van der Waals surface area contributed by atoms with Crippen LogP contribution in [0, 0.1) is 15.5 Å². The van der Waals surface area contributed by atoms with Gasteiger partial charge in [-0.3, -0.25) is 24.6 Å². The lowest BCUT2D eigenvalue weighted by molar-refractivity contribution is -0.384. The Morgan fingerprint density at radius 1 is 1.35 bits per heavy atom. The third-order valence-corrected chi connectivity index (χ3v) is 6.12. The number of nitro groups is 1. The van der Waals surface area contributed by atoms with E-state index in [4.69, 9.17) is 12.2 Å². The van der Waals surface area contributed by atoms with E-state index >= 15 is 0 Å². The maximum Gasteiger partial charge on any atom is 0.269 e. The zero-order valence-electron chi connectivity index (χ0n) is 14.2. The highest BCUT2D eigenvalue weighted by Gasteiger charge is 2.60. The zero-order chi connectivity index (χ0) is 18.6. The molecule has 0 radical (unpaired) electrons. The highest BCUT2D eigenvalue weighted by Crippen LogP contribution is 2.48. The molecule has 9 heteroatoms. The number of hydrogen-bond acceptors (Lipinski definition) is 6. The van der Waals surface area contributed by atoms with Crippen LogP contribution in [0.25, 0.3) is 0 Å². The summed E-state index contributed by atoms with van der Waals surface area (Å²) in [5.41, 5.74) is 0.186. The average Bonchev–Trinajstić information content (AvgIpc) is 2.64. The fourth-order valence-corrected chi connectivity index (χ4v) is 4.66. The lowest BCUT2D eigenvalue weighted by Crippen LogP contribution is -2.71. The summed E-state index contributed by atoms with van der Waals surface area (Å²) in [5.74, 6) is -0.736. The topological polar surface area (TPSA) is 95.8 Å². The van der Waals surface area contributed by atoms with E-state index in [1.165, 1.54) is 17.0 Å². The van der Waals surface area contributed by atoms with Gasteiger partial charge in [0.15, 0.2) is 10.5 Å². The molecule has 4 rings (SSSR count). The van der Waals surface area contributed by atoms with E-state index in [0.29, 0.717) is 12.1 Å². The van der Waals surface area contributed by atoms with E-state index in [2.05, 4.69) is 10.2 Å². The Hall–Kier alpha value is -2.55. The van der Waals surface area contributed by atoms with Gasteiger partial charge < -0.3 is 10.2 Å². The third-order valence-electron chi connectivity index (χ3n) is 5.74. The lowest BCUT2D eigenvalue weighted by atomic mass is 9.66. The first-order chi connectivity index (χ1) is 12.4. The first kappa shape index (κ1) is 16.9. The van der Waals surface area contributed by atoms with Crippen LogP contribution in [0.15, 0.2) is 18.2 Å². The molecule has 2 amide bonds. The second-order valence-electron chi connectivity index (χ2n) is 7.05. The number of piperidine rings is 1. The predicted molar refractivity (Wildman–Crippen MR) is 97.7 cm³/mol. The van der Waals surface area contributed by atoms with Crippen LogP contribution in [0.5, 0.6) is 0 Å². The minimum Gasteiger partial charge on any atom is -0.367 e. The summed E-state index contributed by atoms with van der Waals surface area (Å²) >= 11 is 5.08. The Morgan fingerprint density at radius 3 is 2.85 bits per heavy atom. The molecule has 26 heavy (non-hydrogen) atoms. The van der Waals surface area contributed by atoms with E-state index < -0.39 is 16.2 Å². The van der Waals surface area contributed by atoms with Crippen molar-refractivity contribution in [2.45, 2.75) is 31.7 Å². The summed E-state index contributed by atoms with van der Waals surface area (Å²) in [7, 11) is 1.56. The number of hydrogen-bond donors (Lipinski definition) is 1. The van der Waals surface area contributed by atoms with Crippen molar-refractivity contribution in [3.05, 3.63) is 33.9 Å². The number of nitrogens with one attached hydrogen (secondary N) is 1. The molecule has 1 aromatic rings. The van der Waals surface area contributed by atoms with Crippen molar-refractivity contribution < 1.29 is 14.5 Å². The third kappa shape index (κ3) is 2.16. The SMILES string of the molecule is CN1C(=O)[C@]2(Cc3cc([N+](=O)[O-])ccc3N3CCCC[C@H]32)C(=O)NC1=S. The van der Waals surface area contributed by atoms with Gasteiger partial charge in [0.25, 0.3) is 5.69 Å². The van der Waals surface area contributed by atoms with Gasteiger partial charge in [0.05, 0.1) is 11.0 Å². The molecule has 0 bridgehead atoms. The molecule has 3 heterocycles. The zero-order valence-corrected chi connectivity index (χ0v) is 15.0. The molecular weight excluding hydrogens is 356 g/mol. The Kier molecular flexibility index (Phi) is 3.72. The predicted octanol–water partition coefficient (Wildman–Crippen LogP) is 1.37. The average molecular weight is 374 g/mol. The van der Waals surface area contributed by atoms with E-state index in [-0.39, 0.29) is 29.2 Å². The van der Waals surface area contributed by atoms with Crippen LogP contribution < -0.4 is 10.2 Å². The van der Waals surface area contributed by atoms with Crippen LogP contribution >= 0.6 is 12.2 Å². The minimum atomic E-state index is -1.31. The Morgan fingerprint density at radius 2 is 2.12 bits per heavy atom. The number of rotatable bonds is 1. The molecule has 1 spiro atoms. The number of thiocarbonyl (C=S) groups is 1. The molecule has 3 aliphatic heterocycles. The fraction of sp³-hybridized carbons (Fsp3) is 0.471. The second-order valence-corrected chi connectivity index (χ2v) is 7.43. The second kappa shape index (κ2) is 5.73. The number of nitrogens with zero attached hydrogens (tertiary/aromatic N) is 3. The highest BCUT2D eigenvalue weighted by atomic mass is 32.1. The van der Waals surface area contributed by atoms with Crippen LogP contribution in [-0.4, -0.2) is 46.4 Å². The normalized spacial score (nSPS) is 27.9. The van der Waals surface area contributed by atoms with Gasteiger partial charge in [-0.05, 0) is 43.1 Å². The van der Waals surface area contributed by atoms with Crippen LogP contribution in [0.2, 0.25) is 0 Å². The Balaban J connectivity index is 1.90. The largest absolute Gasteiger partial charge is 0.367 e. The van der Waals surface area contributed by atoms with Crippen molar-refractivity contribution in [2.24, 2.45) is 5.41 Å². The summed E-state index contributed by atoms with van der Waals surface area (Å²) in [4.78, 5) is 40.3.